The summed E-state index contributed by atoms with van der Waals surface area (Å²) in [5, 5.41) is 0. The molecule has 0 atom stereocenters. The molecule has 2 N–H and O–H groups in total. The zero-order chi connectivity index (χ0) is 10.7. The maximum Gasteiger partial charge on any atom is 0.163 e. The molecule has 5 heteroatoms. The van der Waals surface area contributed by atoms with Crippen molar-refractivity contribution in [1.82, 2.24) is 15.0 Å². The van der Waals surface area contributed by atoms with Crippen molar-refractivity contribution in [2.75, 3.05) is 12.8 Å². The molecule has 0 aliphatic rings. The first kappa shape index (κ1) is 9.39. The van der Waals surface area contributed by atoms with Crippen LogP contribution in [-0.2, 0) is 0 Å². The number of hydrogen-bond acceptors (Lipinski definition) is 5. The van der Waals surface area contributed by atoms with Gasteiger partial charge in [-0.05, 0) is 12.1 Å². The zero-order valence-electron chi connectivity index (χ0n) is 8.21. The molecule has 0 aliphatic carbocycles. The van der Waals surface area contributed by atoms with Crippen molar-refractivity contribution < 1.29 is 4.74 Å². The smallest absolute Gasteiger partial charge is 0.163 e. The molecule has 0 saturated heterocycles. The van der Waals surface area contributed by atoms with Crippen LogP contribution < -0.4 is 10.5 Å². The highest BCUT2D eigenvalue weighted by molar-refractivity contribution is 5.56. The second kappa shape index (κ2) is 3.91. The van der Waals surface area contributed by atoms with Crippen LogP contribution in [0.4, 0.5) is 5.82 Å². The molecule has 0 saturated carbocycles. The molecule has 0 bridgehead atoms. The SMILES string of the molecule is COc1cncc(-c2nccc(N)n2)c1. The largest absolute Gasteiger partial charge is 0.495 e. The van der Waals surface area contributed by atoms with E-state index in [1.54, 1.807) is 31.8 Å². The average molecular weight is 202 g/mol. The fourth-order valence-electron chi connectivity index (χ4n) is 1.16. The van der Waals surface area contributed by atoms with Gasteiger partial charge in [0.05, 0.1) is 13.3 Å². The molecule has 0 spiro atoms. The predicted octanol–water partition coefficient (Wildman–Crippen LogP) is 1.13. The quantitative estimate of drug-likeness (QED) is 0.790. The maximum absolute atomic E-state index is 5.56. The van der Waals surface area contributed by atoms with Gasteiger partial charge in [-0.3, -0.25) is 4.98 Å². The highest BCUT2D eigenvalue weighted by atomic mass is 16.5. The van der Waals surface area contributed by atoms with E-state index in [4.69, 9.17) is 10.5 Å². The van der Waals surface area contributed by atoms with Gasteiger partial charge in [0, 0.05) is 18.0 Å². The van der Waals surface area contributed by atoms with Gasteiger partial charge in [-0.1, -0.05) is 0 Å². The number of pyridine rings is 1. The van der Waals surface area contributed by atoms with Crippen LogP contribution in [0.15, 0.2) is 30.7 Å². The normalized spacial score (nSPS) is 9.93. The van der Waals surface area contributed by atoms with E-state index >= 15 is 0 Å². The first-order chi connectivity index (χ1) is 7.29. The van der Waals surface area contributed by atoms with Crippen LogP contribution in [0, 0.1) is 0 Å². The van der Waals surface area contributed by atoms with Gasteiger partial charge in [-0.25, -0.2) is 9.97 Å². The minimum atomic E-state index is 0.433. The van der Waals surface area contributed by atoms with Crippen LogP contribution in [0.1, 0.15) is 0 Å². The topological polar surface area (TPSA) is 73.9 Å². The fourth-order valence-corrected chi connectivity index (χ4v) is 1.16. The zero-order valence-corrected chi connectivity index (χ0v) is 8.21. The second-order valence-corrected chi connectivity index (χ2v) is 2.92. The number of ether oxygens (including phenoxy) is 1. The Kier molecular flexibility index (Phi) is 2.45. The molecule has 2 aromatic rings. The van der Waals surface area contributed by atoms with Crippen molar-refractivity contribution in [1.29, 1.82) is 0 Å². The van der Waals surface area contributed by atoms with Gasteiger partial charge in [0.2, 0.25) is 0 Å². The lowest BCUT2D eigenvalue weighted by Crippen LogP contribution is -1.95. The second-order valence-electron chi connectivity index (χ2n) is 2.92. The number of anilines is 1. The van der Waals surface area contributed by atoms with Gasteiger partial charge in [-0.2, -0.15) is 0 Å². The first-order valence-corrected chi connectivity index (χ1v) is 4.37. The minimum absolute atomic E-state index is 0.433. The van der Waals surface area contributed by atoms with Crippen LogP contribution in [0.5, 0.6) is 5.75 Å². The molecule has 0 radical (unpaired) electrons. The van der Waals surface area contributed by atoms with Crippen molar-refractivity contribution in [3.05, 3.63) is 30.7 Å². The summed E-state index contributed by atoms with van der Waals surface area (Å²) < 4.78 is 5.06. The summed E-state index contributed by atoms with van der Waals surface area (Å²) in [5.74, 6) is 1.64. The molecular formula is C10H10N4O. The predicted molar refractivity (Wildman–Crippen MR) is 56.2 cm³/mol. The molecule has 2 rings (SSSR count). The maximum atomic E-state index is 5.56. The van der Waals surface area contributed by atoms with Gasteiger partial charge in [-0.15, -0.1) is 0 Å². The average Bonchev–Trinajstić information content (AvgIpc) is 2.29. The number of nitrogens with two attached hydrogens (primary N) is 1. The lowest BCUT2D eigenvalue weighted by atomic mass is 10.2. The fraction of sp³-hybridized carbons (Fsp3) is 0.100. The number of nitrogen functional groups attached to an aromatic ring is 1. The van der Waals surface area contributed by atoms with Gasteiger partial charge in [0.25, 0.3) is 0 Å². The first-order valence-electron chi connectivity index (χ1n) is 4.37. The number of nitrogens with zero attached hydrogens (tertiary/aromatic N) is 3. The summed E-state index contributed by atoms with van der Waals surface area (Å²) in [6, 6.07) is 3.44. The van der Waals surface area contributed by atoms with E-state index < -0.39 is 0 Å². The number of rotatable bonds is 2. The van der Waals surface area contributed by atoms with Crippen molar-refractivity contribution in [3.63, 3.8) is 0 Å². The van der Waals surface area contributed by atoms with Gasteiger partial charge in [0.15, 0.2) is 5.82 Å². The molecule has 0 unspecified atom stereocenters. The summed E-state index contributed by atoms with van der Waals surface area (Å²) in [5.41, 5.74) is 6.34. The Labute approximate surface area is 87.0 Å². The monoisotopic (exact) mass is 202 g/mol. The number of methoxy groups -OCH3 is 1. The molecule has 5 nitrogen and oxygen atoms in total. The Morgan fingerprint density at radius 1 is 1.33 bits per heavy atom. The molecule has 2 heterocycles. The van der Waals surface area contributed by atoms with E-state index in [0.717, 1.165) is 5.56 Å². The van der Waals surface area contributed by atoms with E-state index in [2.05, 4.69) is 15.0 Å². The molecule has 0 amide bonds. The lowest BCUT2D eigenvalue weighted by Gasteiger charge is -2.02. The van der Waals surface area contributed by atoms with Gasteiger partial charge in [0.1, 0.15) is 11.6 Å². The third-order valence-corrected chi connectivity index (χ3v) is 1.88. The van der Waals surface area contributed by atoms with E-state index in [1.807, 2.05) is 6.07 Å². The van der Waals surface area contributed by atoms with Crippen molar-refractivity contribution >= 4 is 5.82 Å². The lowest BCUT2D eigenvalue weighted by molar-refractivity contribution is 0.413. The van der Waals surface area contributed by atoms with Gasteiger partial charge >= 0.3 is 0 Å². The summed E-state index contributed by atoms with van der Waals surface area (Å²) in [6.07, 6.45) is 4.89. The summed E-state index contributed by atoms with van der Waals surface area (Å²) in [4.78, 5) is 12.2. The third-order valence-electron chi connectivity index (χ3n) is 1.88. The molecule has 0 aromatic carbocycles. The number of aromatic nitrogens is 3. The van der Waals surface area contributed by atoms with Crippen molar-refractivity contribution in [2.45, 2.75) is 0 Å². The summed E-state index contributed by atoms with van der Waals surface area (Å²) in [6.45, 7) is 0. The van der Waals surface area contributed by atoms with Gasteiger partial charge < -0.3 is 10.5 Å². The van der Waals surface area contributed by atoms with E-state index in [0.29, 0.717) is 17.4 Å². The highest BCUT2D eigenvalue weighted by Gasteiger charge is 2.03. The summed E-state index contributed by atoms with van der Waals surface area (Å²) >= 11 is 0. The molecule has 15 heavy (non-hydrogen) atoms. The van der Waals surface area contributed by atoms with Crippen molar-refractivity contribution in [2.24, 2.45) is 0 Å². The standard InChI is InChI=1S/C10H10N4O/c1-15-8-4-7(5-12-6-8)10-13-3-2-9(11)14-10/h2-6H,1H3,(H2,11,13,14). The Bertz CT molecular complexity index is 472. The van der Waals surface area contributed by atoms with Crippen LogP contribution in [0.3, 0.4) is 0 Å². The Balaban J connectivity index is 2.44. The molecule has 2 aromatic heterocycles. The Morgan fingerprint density at radius 2 is 2.20 bits per heavy atom. The molecular weight excluding hydrogens is 192 g/mol. The van der Waals surface area contributed by atoms with E-state index in [1.165, 1.54) is 0 Å². The molecule has 76 valence electrons. The van der Waals surface area contributed by atoms with Crippen LogP contribution in [0.25, 0.3) is 11.4 Å². The van der Waals surface area contributed by atoms with Crippen LogP contribution >= 0.6 is 0 Å². The van der Waals surface area contributed by atoms with E-state index in [9.17, 15) is 0 Å². The molecule has 0 aliphatic heterocycles. The Morgan fingerprint density at radius 3 is 2.93 bits per heavy atom. The number of hydrogen-bond donors (Lipinski definition) is 1. The Hall–Kier alpha value is -2.17. The van der Waals surface area contributed by atoms with Crippen LogP contribution in [0.2, 0.25) is 0 Å². The molecule has 0 fully saturated rings. The van der Waals surface area contributed by atoms with E-state index in [-0.39, 0.29) is 0 Å². The minimum Gasteiger partial charge on any atom is -0.495 e. The van der Waals surface area contributed by atoms with Crippen LogP contribution in [-0.4, -0.2) is 22.1 Å². The summed E-state index contributed by atoms with van der Waals surface area (Å²) in [7, 11) is 1.58. The van der Waals surface area contributed by atoms with Crippen molar-refractivity contribution in [3.8, 4) is 17.1 Å². The third kappa shape index (κ3) is 2.01. The highest BCUT2D eigenvalue weighted by Crippen LogP contribution is 2.19.